The first-order valence-electron chi connectivity index (χ1n) is 6.59. The molecule has 0 spiro atoms. The number of esters is 1. The molecular weight excluding hydrogens is 351 g/mol. The van der Waals surface area contributed by atoms with E-state index in [1.54, 1.807) is 6.92 Å². The highest BCUT2D eigenvalue weighted by Gasteiger charge is 2.34. The lowest BCUT2D eigenvalue weighted by Gasteiger charge is -2.13. The fourth-order valence-corrected chi connectivity index (χ4v) is 2.12. The second-order valence-electron chi connectivity index (χ2n) is 4.56. The van der Waals surface area contributed by atoms with Gasteiger partial charge >= 0.3 is 12.1 Å². The molecule has 0 aliphatic rings. The van der Waals surface area contributed by atoms with Crippen LogP contribution in [-0.4, -0.2) is 22.1 Å². The molecule has 0 unspecified atom stereocenters. The Hall–Kier alpha value is -2.55. The van der Waals surface area contributed by atoms with Gasteiger partial charge in [-0.2, -0.15) is 13.2 Å². The molecule has 128 valence electrons. The zero-order valence-corrected chi connectivity index (χ0v) is 13.0. The molecule has 0 saturated heterocycles. The van der Waals surface area contributed by atoms with Gasteiger partial charge in [0.15, 0.2) is 5.69 Å². The molecule has 1 heterocycles. The minimum atomic E-state index is -4.80. The van der Waals surface area contributed by atoms with E-state index in [0.29, 0.717) is 6.07 Å². The van der Waals surface area contributed by atoms with Gasteiger partial charge in [0.1, 0.15) is 0 Å². The van der Waals surface area contributed by atoms with Crippen LogP contribution in [0.15, 0.2) is 29.1 Å². The van der Waals surface area contributed by atoms with Gasteiger partial charge in [-0.05, 0) is 25.1 Å². The molecule has 2 N–H and O–H groups in total. The van der Waals surface area contributed by atoms with Crippen molar-refractivity contribution in [2.45, 2.75) is 13.1 Å². The number of anilines is 1. The third-order valence-corrected chi connectivity index (χ3v) is 3.27. The molecule has 0 bridgehead atoms. The van der Waals surface area contributed by atoms with Crippen LogP contribution in [0, 0.1) is 0 Å². The van der Waals surface area contributed by atoms with E-state index >= 15 is 0 Å². The number of alkyl halides is 3. The molecule has 0 fully saturated rings. The van der Waals surface area contributed by atoms with Crippen LogP contribution in [0.3, 0.4) is 0 Å². The maximum atomic E-state index is 12.6. The summed E-state index contributed by atoms with van der Waals surface area (Å²) in [6.07, 6.45) is -4.80. The highest BCUT2D eigenvalue weighted by Crippen LogP contribution is 2.28. The molecule has 2 rings (SSSR count). The Labute approximate surface area is 138 Å². The van der Waals surface area contributed by atoms with Crippen molar-refractivity contribution >= 4 is 23.5 Å². The number of ether oxygens (including phenoxy) is 1. The summed E-state index contributed by atoms with van der Waals surface area (Å²) < 4.78 is 43.5. The maximum absolute atomic E-state index is 12.6. The van der Waals surface area contributed by atoms with Gasteiger partial charge in [0.05, 0.1) is 22.9 Å². The van der Waals surface area contributed by atoms with E-state index in [1.807, 2.05) is 0 Å². The summed E-state index contributed by atoms with van der Waals surface area (Å²) in [7, 11) is 0. The number of hydrogen-bond donors (Lipinski definition) is 1. The summed E-state index contributed by atoms with van der Waals surface area (Å²) in [5, 5.41) is 0.0590. The summed E-state index contributed by atoms with van der Waals surface area (Å²) in [4.78, 5) is 27.0. The van der Waals surface area contributed by atoms with E-state index in [9.17, 15) is 22.8 Å². The molecule has 10 heteroatoms. The second kappa shape index (κ2) is 6.52. The Balaban J connectivity index is 2.59. The number of halogens is 4. The largest absolute Gasteiger partial charge is 0.462 e. The van der Waals surface area contributed by atoms with Crippen LogP contribution in [-0.2, 0) is 10.9 Å². The number of hydrogen-bond acceptors (Lipinski definition) is 5. The van der Waals surface area contributed by atoms with E-state index < -0.39 is 29.3 Å². The average Bonchev–Trinajstić information content (AvgIpc) is 2.47. The minimum absolute atomic E-state index is 0.0335. The third-order valence-electron chi connectivity index (χ3n) is 2.94. The predicted octanol–water partition coefficient (Wildman–Crippen LogP) is 2.66. The van der Waals surface area contributed by atoms with Crippen LogP contribution in [0.1, 0.15) is 23.0 Å². The molecule has 6 nitrogen and oxygen atoms in total. The Morgan fingerprint density at radius 2 is 2.04 bits per heavy atom. The molecule has 1 aromatic heterocycles. The zero-order chi connectivity index (χ0) is 18.1. The monoisotopic (exact) mass is 361 g/mol. The van der Waals surface area contributed by atoms with Crippen LogP contribution in [0.4, 0.5) is 19.1 Å². The average molecular weight is 362 g/mol. The molecule has 0 radical (unpaired) electrons. The summed E-state index contributed by atoms with van der Waals surface area (Å²) in [6, 6.07) is 4.12. The molecule has 0 saturated carbocycles. The Morgan fingerprint density at radius 3 is 2.58 bits per heavy atom. The number of nitrogens with two attached hydrogens (primary N) is 1. The van der Waals surface area contributed by atoms with Crippen molar-refractivity contribution < 1.29 is 22.7 Å². The predicted molar refractivity (Wildman–Crippen MR) is 80.2 cm³/mol. The van der Waals surface area contributed by atoms with Gasteiger partial charge in [0.25, 0.3) is 5.56 Å². The van der Waals surface area contributed by atoms with Crippen LogP contribution in [0.2, 0.25) is 5.02 Å². The molecule has 0 aliphatic carbocycles. The van der Waals surface area contributed by atoms with E-state index in [0.717, 1.165) is 4.57 Å². The number of carbonyl (C=O) groups is 1. The molecule has 24 heavy (non-hydrogen) atoms. The lowest BCUT2D eigenvalue weighted by molar-refractivity contribution is -0.141. The first-order valence-corrected chi connectivity index (χ1v) is 6.96. The minimum Gasteiger partial charge on any atom is -0.462 e. The normalized spacial score (nSPS) is 11.4. The highest BCUT2D eigenvalue weighted by atomic mass is 35.5. The van der Waals surface area contributed by atoms with Gasteiger partial charge in [-0.15, -0.1) is 0 Å². The van der Waals surface area contributed by atoms with Crippen LogP contribution in [0.25, 0.3) is 5.69 Å². The lowest BCUT2D eigenvalue weighted by Crippen LogP contribution is -2.26. The van der Waals surface area contributed by atoms with Crippen molar-refractivity contribution in [3.8, 4) is 5.69 Å². The number of aromatic nitrogens is 2. The zero-order valence-electron chi connectivity index (χ0n) is 12.2. The Kier molecular flexibility index (Phi) is 4.83. The number of nitrogens with zero attached hydrogens (tertiary/aromatic N) is 2. The first-order chi connectivity index (χ1) is 11.1. The van der Waals surface area contributed by atoms with E-state index in [4.69, 9.17) is 22.1 Å². The van der Waals surface area contributed by atoms with Gasteiger partial charge in [-0.3, -0.25) is 4.79 Å². The van der Waals surface area contributed by atoms with Gasteiger partial charge in [-0.1, -0.05) is 11.6 Å². The summed E-state index contributed by atoms with van der Waals surface area (Å²) >= 11 is 5.90. The quantitative estimate of drug-likeness (QED) is 0.849. The van der Waals surface area contributed by atoms with Crippen molar-refractivity contribution in [1.29, 1.82) is 0 Å². The summed E-state index contributed by atoms with van der Waals surface area (Å²) in [6.45, 7) is 1.70. The van der Waals surface area contributed by atoms with Crippen molar-refractivity contribution in [2.24, 2.45) is 0 Å². The molecule has 2 aromatic rings. The summed E-state index contributed by atoms with van der Waals surface area (Å²) in [5.41, 5.74) is 3.01. The first kappa shape index (κ1) is 17.8. The molecule has 0 amide bonds. The van der Waals surface area contributed by atoms with E-state index in [1.165, 1.54) is 18.2 Å². The lowest BCUT2D eigenvalue weighted by atomic mass is 10.2. The van der Waals surface area contributed by atoms with Gasteiger partial charge in [0.2, 0.25) is 5.95 Å². The molecule has 1 aromatic carbocycles. The smallest absolute Gasteiger partial charge is 0.433 e. The Morgan fingerprint density at radius 1 is 1.38 bits per heavy atom. The SMILES string of the molecule is CCOC(=O)c1cc(-n2c(N)nc(C(F)(F)F)cc2=O)ccc1Cl. The Bertz CT molecular complexity index is 849. The number of benzene rings is 1. The molecule has 0 aliphatic heterocycles. The highest BCUT2D eigenvalue weighted by molar-refractivity contribution is 6.33. The molecule has 0 atom stereocenters. The van der Waals surface area contributed by atoms with Crippen LogP contribution >= 0.6 is 11.6 Å². The van der Waals surface area contributed by atoms with Gasteiger partial charge in [0, 0.05) is 6.07 Å². The van der Waals surface area contributed by atoms with Crippen molar-refractivity contribution in [3.63, 3.8) is 0 Å². The fourth-order valence-electron chi connectivity index (χ4n) is 1.92. The summed E-state index contributed by atoms with van der Waals surface area (Å²) in [5.74, 6) is -1.41. The van der Waals surface area contributed by atoms with Crippen LogP contribution < -0.4 is 11.3 Å². The number of carbonyl (C=O) groups excluding carboxylic acids is 1. The second-order valence-corrected chi connectivity index (χ2v) is 4.96. The number of rotatable bonds is 3. The molecular formula is C14H11ClF3N3O3. The van der Waals surface area contributed by atoms with E-state index in [-0.39, 0.29) is 22.9 Å². The van der Waals surface area contributed by atoms with Gasteiger partial charge < -0.3 is 10.5 Å². The van der Waals surface area contributed by atoms with Crippen molar-refractivity contribution in [2.75, 3.05) is 12.3 Å². The maximum Gasteiger partial charge on any atom is 0.433 e. The standard InChI is InChI=1S/C14H11ClF3N3O3/c1-2-24-12(23)8-5-7(3-4-9(8)15)21-11(22)6-10(14(16,17)18)20-13(21)19/h3-6H,2H2,1H3,(H2,19,20). The van der Waals surface area contributed by atoms with E-state index in [2.05, 4.69) is 4.98 Å². The van der Waals surface area contributed by atoms with Gasteiger partial charge in [-0.25, -0.2) is 14.3 Å². The van der Waals surface area contributed by atoms with Crippen LogP contribution in [0.5, 0.6) is 0 Å². The number of nitrogen functional groups attached to an aromatic ring is 1. The van der Waals surface area contributed by atoms with Crippen molar-refractivity contribution in [3.05, 3.63) is 50.9 Å². The fraction of sp³-hybridized carbons (Fsp3) is 0.214. The topological polar surface area (TPSA) is 87.2 Å². The third kappa shape index (κ3) is 3.51. The van der Waals surface area contributed by atoms with Crippen molar-refractivity contribution in [1.82, 2.24) is 9.55 Å².